The van der Waals surface area contributed by atoms with E-state index in [4.69, 9.17) is 17.0 Å². The van der Waals surface area contributed by atoms with Crippen LogP contribution in [0.25, 0.3) is 0 Å². The lowest BCUT2D eigenvalue weighted by molar-refractivity contribution is -0.120. The summed E-state index contributed by atoms with van der Waals surface area (Å²) >= 11 is 4.87. The second-order valence-corrected chi connectivity index (χ2v) is 3.55. The zero-order valence-corrected chi connectivity index (χ0v) is 8.93. The second kappa shape index (κ2) is 3.86. The van der Waals surface area contributed by atoms with Crippen molar-refractivity contribution in [3.05, 3.63) is 29.8 Å². The van der Waals surface area contributed by atoms with E-state index in [1.54, 1.807) is 7.11 Å². The minimum atomic E-state index is -0.450. The molecule has 5 heteroatoms. The number of rotatable bonds is 2. The molecule has 0 spiro atoms. The van der Waals surface area contributed by atoms with Crippen molar-refractivity contribution in [3.8, 4) is 5.75 Å². The maximum Gasteiger partial charge on any atom is 0.253 e. The number of carbonyl (C=O) groups is 1. The standard InChI is InChI=1S/C10H10N2O2S/c1-14-7-5-3-2-4-6(7)8-9(13)12-10(15)11-8/h2-5,8H,1H3,(H2,11,12,13,15). The number of methoxy groups -OCH3 is 1. The lowest BCUT2D eigenvalue weighted by Gasteiger charge is -2.12. The van der Waals surface area contributed by atoms with E-state index in [-0.39, 0.29) is 5.91 Å². The Balaban J connectivity index is 2.37. The minimum absolute atomic E-state index is 0.149. The Morgan fingerprint density at radius 2 is 2.13 bits per heavy atom. The van der Waals surface area contributed by atoms with E-state index in [9.17, 15) is 4.79 Å². The van der Waals surface area contributed by atoms with E-state index in [0.717, 1.165) is 5.56 Å². The summed E-state index contributed by atoms with van der Waals surface area (Å²) in [6.45, 7) is 0. The van der Waals surface area contributed by atoms with Gasteiger partial charge in [-0.05, 0) is 18.3 Å². The van der Waals surface area contributed by atoms with Crippen LogP contribution in [0.3, 0.4) is 0 Å². The number of thiocarbonyl (C=S) groups is 1. The van der Waals surface area contributed by atoms with Gasteiger partial charge < -0.3 is 15.4 Å². The number of hydrogen-bond donors (Lipinski definition) is 2. The fourth-order valence-corrected chi connectivity index (χ4v) is 1.76. The molecule has 1 unspecified atom stereocenters. The van der Waals surface area contributed by atoms with Crippen molar-refractivity contribution in [1.82, 2.24) is 10.6 Å². The number of nitrogens with one attached hydrogen (secondary N) is 2. The van der Waals surface area contributed by atoms with Crippen molar-refractivity contribution in [2.24, 2.45) is 0 Å². The van der Waals surface area contributed by atoms with E-state index in [2.05, 4.69) is 10.6 Å². The molecule has 0 aromatic heterocycles. The molecule has 1 atom stereocenters. The average molecular weight is 222 g/mol. The predicted octanol–water partition coefficient (Wildman–Crippen LogP) is 0.741. The van der Waals surface area contributed by atoms with Crippen LogP contribution in [0.1, 0.15) is 11.6 Å². The zero-order valence-electron chi connectivity index (χ0n) is 8.11. The molecule has 0 aliphatic carbocycles. The summed E-state index contributed by atoms with van der Waals surface area (Å²) in [7, 11) is 1.57. The summed E-state index contributed by atoms with van der Waals surface area (Å²) in [5.41, 5.74) is 0.789. The first kappa shape index (κ1) is 9.92. The summed E-state index contributed by atoms with van der Waals surface area (Å²) in [4.78, 5) is 11.5. The van der Waals surface area contributed by atoms with E-state index in [1.807, 2.05) is 24.3 Å². The van der Waals surface area contributed by atoms with E-state index < -0.39 is 6.04 Å². The van der Waals surface area contributed by atoms with Crippen molar-refractivity contribution in [2.75, 3.05) is 7.11 Å². The maximum atomic E-state index is 11.5. The van der Waals surface area contributed by atoms with Crippen LogP contribution in [0.4, 0.5) is 0 Å². The van der Waals surface area contributed by atoms with Crippen LogP contribution in [0.15, 0.2) is 24.3 Å². The average Bonchev–Trinajstić information content (AvgIpc) is 2.57. The molecule has 0 radical (unpaired) electrons. The highest BCUT2D eigenvalue weighted by Gasteiger charge is 2.30. The van der Waals surface area contributed by atoms with Gasteiger partial charge in [-0.2, -0.15) is 0 Å². The van der Waals surface area contributed by atoms with Crippen molar-refractivity contribution in [3.63, 3.8) is 0 Å². The molecule has 1 heterocycles. The first-order valence-corrected chi connectivity index (χ1v) is 4.87. The van der Waals surface area contributed by atoms with Crippen LogP contribution < -0.4 is 15.4 Å². The Kier molecular flexibility index (Phi) is 2.55. The van der Waals surface area contributed by atoms with Crippen LogP contribution in [-0.4, -0.2) is 18.1 Å². The van der Waals surface area contributed by atoms with Gasteiger partial charge >= 0.3 is 0 Å². The zero-order chi connectivity index (χ0) is 10.8. The van der Waals surface area contributed by atoms with E-state index >= 15 is 0 Å². The number of hydrogen-bond acceptors (Lipinski definition) is 3. The van der Waals surface area contributed by atoms with Crippen LogP contribution in [0.2, 0.25) is 0 Å². The van der Waals surface area contributed by atoms with Gasteiger partial charge in [0, 0.05) is 5.56 Å². The van der Waals surface area contributed by atoms with Gasteiger partial charge in [-0.1, -0.05) is 18.2 Å². The molecule has 1 aliphatic rings. The summed E-state index contributed by atoms with van der Waals surface area (Å²) < 4.78 is 5.18. The summed E-state index contributed by atoms with van der Waals surface area (Å²) in [6, 6.07) is 6.91. The van der Waals surface area contributed by atoms with Gasteiger partial charge in [-0.25, -0.2) is 0 Å². The number of amides is 1. The highest BCUT2D eigenvalue weighted by molar-refractivity contribution is 7.80. The molecule has 0 bridgehead atoms. The molecule has 15 heavy (non-hydrogen) atoms. The van der Waals surface area contributed by atoms with Gasteiger partial charge in [0.25, 0.3) is 5.91 Å². The molecular weight excluding hydrogens is 212 g/mol. The quantitative estimate of drug-likeness (QED) is 0.725. The predicted molar refractivity (Wildman–Crippen MR) is 59.6 cm³/mol. The van der Waals surface area contributed by atoms with E-state index in [0.29, 0.717) is 10.9 Å². The molecule has 1 amide bonds. The normalized spacial score (nSPS) is 19.7. The van der Waals surface area contributed by atoms with Crippen LogP contribution in [0.5, 0.6) is 5.75 Å². The molecule has 1 saturated heterocycles. The maximum absolute atomic E-state index is 11.5. The van der Waals surface area contributed by atoms with Gasteiger partial charge in [0.15, 0.2) is 5.11 Å². The number of para-hydroxylation sites is 1. The molecule has 78 valence electrons. The summed E-state index contributed by atoms with van der Waals surface area (Å²) in [6.07, 6.45) is 0. The molecule has 1 aliphatic heterocycles. The Morgan fingerprint density at radius 1 is 1.40 bits per heavy atom. The number of ether oxygens (including phenoxy) is 1. The topological polar surface area (TPSA) is 50.4 Å². The Labute approximate surface area is 92.6 Å². The first-order chi connectivity index (χ1) is 7.22. The minimum Gasteiger partial charge on any atom is -0.496 e. The molecular formula is C10H10N2O2S. The SMILES string of the molecule is COc1ccccc1C1NC(=S)NC1=O. The van der Waals surface area contributed by atoms with Gasteiger partial charge in [-0.3, -0.25) is 4.79 Å². The van der Waals surface area contributed by atoms with Gasteiger partial charge in [0.1, 0.15) is 11.8 Å². The lowest BCUT2D eigenvalue weighted by atomic mass is 10.1. The molecule has 4 nitrogen and oxygen atoms in total. The van der Waals surface area contributed by atoms with Crippen molar-refractivity contribution < 1.29 is 9.53 Å². The largest absolute Gasteiger partial charge is 0.496 e. The molecule has 0 saturated carbocycles. The molecule has 1 aromatic rings. The Bertz CT molecular complexity index is 420. The Hall–Kier alpha value is -1.62. The van der Waals surface area contributed by atoms with Crippen molar-refractivity contribution in [1.29, 1.82) is 0 Å². The fraction of sp³-hybridized carbons (Fsp3) is 0.200. The third kappa shape index (κ3) is 1.78. The van der Waals surface area contributed by atoms with E-state index in [1.165, 1.54) is 0 Å². The smallest absolute Gasteiger partial charge is 0.253 e. The van der Waals surface area contributed by atoms with Crippen molar-refractivity contribution in [2.45, 2.75) is 6.04 Å². The molecule has 1 aromatic carbocycles. The summed E-state index contributed by atoms with van der Waals surface area (Å²) in [5.74, 6) is 0.527. The third-order valence-electron chi connectivity index (χ3n) is 2.22. The third-order valence-corrected chi connectivity index (χ3v) is 2.44. The first-order valence-electron chi connectivity index (χ1n) is 4.46. The van der Waals surface area contributed by atoms with Crippen molar-refractivity contribution >= 4 is 23.2 Å². The highest BCUT2D eigenvalue weighted by Crippen LogP contribution is 2.26. The van der Waals surface area contributed by atoms with Gasteiger partial charge in [0.2, 0.25) is 0 Å². The lowest BCUT2D eigenvalue weighted by Crippen LogP contribution is -2.21. The monoisotopic (exact) mass is 222 g/mol. The molecule has 1 fully saturated rings. The number of benzene rings is 1. The van der Waals surface area contributed by atoms with Gasteiger partial charge in [-0.15, -0.1) is 0 Å². The van der Waals surface area contributed by atoms with Crippen LogP contribution in [-0.2, 0) is 4.79 Å². The Morgan fingerprint density at radius 3 is 2.73 bits per heavy atom. The summed E-state index contributed by atoms with van der Waals surface area (Å²) in [5, 5.41) is 5.79. The van der Waals surface area contributed by atoms with Crippen LogP contribution in [0, 0.1) is 0 Å². The molecule has 2 N–H and O–H groups in total. The fourth-order valence-electron chi connectivity index (χ4n) is 1.54. The number of carbonyl (C=O) groups excluding carboxylic acids is 1. The molecule has 2 rings (SSSR count). The van der Waals surface area contributed by atoms with Gasteiger partial charge in [0.05, 0.1) is 7.11 Å². The van der Waals surface area contributed by atoms with Crippen LogP contribution >= 0.6 is 12.2 Å². The highest BCUT2D eigenvalue weighted by atomic mass is 32.1. The second-order valence-electron chi connectivity index (χ2n) is 3.14.